The molecule has 0 radical (unpaired) electrons. The topological polar surface area (TPSA) is 156 Å². The summed E-state index contributed by atoms with van der Waals surface area (Å²) in [7, 11) is 0. The second-order valence-electron chi connectivity index (χ2n) is 10.7. The van der Waals surface area contributed by atoms with Crippen LogP contribution in [-0.2, 0) is 34.7 Å². The number of oxazole rings is 1. The lowest BCUT2D eigenvalue weighted by Gasteiger charge is -2.25. The molecular weight excluding hydrogens is 564 g/mol. The standard InChI is InChI=1S/C33H38N4O7/c1-24(15-17-34-32(40)44-21-26-11-6-3-7-12-26)19-29(38)36-23-33(41,16-14-25-9-4-2-5-10-25)31-37-28(22-43-31)30(39)35-20-27-13-8-18-42-27/h2-13,18,22,24,41H,14-17,19-21,23H2,1H3,(H,34,40)(H,35,39)(H,36,38). The number of hydrogen-bond donors (Lipinski definition) is 4. The number of nitrogens with one attached hydrogen (secondary N) is 3. The van der Waals surface area contributed by atoms with Crippen molar-refractivity contribution in [1.82, 2.24) is 20.9 Å². The van der Waals surface area contributed by atoms with Crippen molar-refractivity contribution < 1.29 is 33.1 Å². The van der Waals surface area contributed by atoms with Gasteiger partial charge in [0.15, 0.2) is 11.3 Å². The highest BCUT2D eigenvalue weighted by atomic mass is 16.5. The Morgan fingerprint density at radius 2 is 1.66 bits per heavy atom. The number of amides is 3. The Balaban J connectivity index is 1.27. The van der Waals surface area contributed by atoms with Gasteiger partial charge in [-0.05, 0) is 48.4 Å². The molecule has 11 nitrogen and oxygen atoms in total. The summed E-state index contributed by atoms with van der Waals surface area (Å²) in [4.78, 5) is 41.7. The zero-order chi connectivity index (χ0) is 31.2. The van der Waals surface area contributed by atoms with E-state index in [-0.39, 0.29) is 55.9 Å². The van der Waals surface area contributed by atoms with Gasteiger partial charge in [-0.1, -0.05) is 67.6 Å². The lowest BCUT2D eigenvalue weighted by atomic mass is 9.94. The van der Waals surface area contributed by atoms with Gasteiger partial charge >= 0.3 is 6.09 Å². The van der Waals surface area contributed by atoms with Crippen LogP contribution in [0.2, 0.25) is 0 Å². The van der Waals surface area contributed by atoms with E-state index >= 15 is 0 Å². The molecule has 2 heterocycles. The fourth-order valence-corrected chi connectivity index (χ4v) is 4.46. The van der Waals surface area contributed by atoms with Crippen LogP contribution in [-0.4, -0.2) is 41.1 Å². The van der Waals surface area contributed by atoms with E-state index in [1.165, 1.54) is 12.5 Å². The first-order valence-corrected chi connectivity index (χ1v) is 14.5. The van der Waals surface area contributed by atoms with Crippen molar-refractivity contribution in [3.8, 4) is 0 Å². The molecule has 0 aliphatic rings. The maximum atomic E-state index is 12.8. The van der Waals surface area contributed by atoms with E-state index < -0.39 is 17.6 Å². The van der Waals surface area contributed by atoms with E-state index in [2.05, 4.69) is 20.9 Å². The third-order valence-electron chi connectivity index (χ3n) is 7.04. The second-order valence-corrected chi connectivity index (χ2v) is 10.7. The summed E-state index contributed by atoms with van der Waals surface area (Å²) in [6.07, 6.45) is 3.59. The molecule has 0 aliphatic heterocycles. The summed E-state index contributed by atoms with van der Waals surface area (Å²) >= 11 is 0. The van der Waals surface area contributed by atoms with Crippen LogP contribution >= 0.6 is 0 Å². The number of benzene rings is 2. The molecule has 4 rings (SSSR count). The van der Waals surface area contributed by atoms with Crippen LogP contribution in [0.5, 0.6) is 0 Å². The molecule has 3 amide bonds. The number of carbonyl (C=O) groups is 3. The monoisotopic (exact) mass is 602 g/mol. The molecule has 2 unspecified atom stereocenters. The minimum Gasteiger partial charge on any atom is -0.467 e. The highest BCUT2D eigenvalue weighted by Crippen LogP contribution is 2.26. The van der Waals surface area contributed by atoms with Crippen LogP contribution in [0.15, 0.2) is 94.2 Å². The van der Waals surface area contributed by atoms with Crippen LogP contribution < -0.4 is 16.0 Å². The van der Waals surface area contributed by atoms with E-state index in [4.69, 9.17) is 13.6 Å². The normalized spacial score (nSPS) is 13.0. The van der Waals surface area contributed by atoms with Gasteiger partial charge < -0.3 is 34.6 Å². The lowest BCUT2D eigenvalue weighted by molar-refractivity contribution is -0.123. The lowest BCUT2D eigenvalue weighted by Crippen LogP contribution is -2.42. The molecular formula is C33H38N4O7. The van der Waals surface area contributed by atoms with Crippen molar-refractivity contribution in [3.63, 3.8) is 0 Å². The fraction of sp³-hybridized carbons (Fsp3) is 0.333. The van der Waals surface area contributed by atoms with Gasteiger partial charge in [0, 0.05) is 13.0 Å². The van der Waals surface area contributed by atoms with Gasteiger partial charge in [0.1, 0.15) is 18.6 Å². The molecule has 0 fully saturated rings. The molecule has 0 bridgehead atoms. The number of ether oxygens (including phenoxy) is 1. The van der Waals surface area contributed by atoms with Gasteiger partial charge in [-0.3, -0.25) is 9.59 Å². The number of alkyl carbamates (subject to hydrolysis) is 1. The predicted octanol–water partition coefficient (Wildman–Crippen LogP) is 4.48. The number of furan rings is 1. The number of nitrogens with zero attached hydrogens (tertiary/aromatic N) is 1. The van der Waals surface area contributed by atoms with Gasteiger partial charge in [-0.2, -0.15) is 0 Å². The zero-order valence-corrected chi connectivity index (χ0v) is 24.7. The first kappa shape index (κ1) is 32.0. The first-order valence-electron chi connectivity index (χ1n) is 14.5. The minimum atomic E-state index is -1.67. The largest absolute Gasteiger partial charge is 0.467 e. The Labute approximate surface area is 256 Å². The van der Waals surface area contributed by atoms with Crippen molar-refractivity contribution in [1.29, 1.82) is 0 Å². The predicted molar refractivity (Wildman–Crippen MR) is 161 cm³/mol. The van der Waals surface area contributed by atoms with Gasteiger partial charge in [0.05, 0.1) is 19.4 Å². The first-order chi connectivity index (χ1) is 21.3. The highest BCUT2D eigenvalue weighted by Gasteiger charge is 2.36. The molecule has 0 spiro atoms. The number of carbonyl (C=O) groups excluding carboxylic acids is 3. The van der Waals surface area contributed by atoms with Crippen LogP contribution in [0.3, 0.4) is 0 Å². The van der Waals surface area contributed by atoms with Gasteiger partial charge in [-0.25, -0.2) is 9.78 Å². The van der Waals surface area contributed by atoms with Crippen LogP contribution in [0, 0.1) is 5.92 Å². The summed E-state index contributed by atoms with van der Waals surface area (Å²) in [5.41, 5.74) is 0.215. The fourth-order valence-electron chi connectivity index (χ4n) is 4.46. The third kappa shape index (κ3) is 10.1. The van der Waals surface area contributed by atoms with E-state index in [9.17, 15) is 19.5 Å². The Morgan fingerprint density at radius 3 is 2.36 bits per heavy atom. The van der Waals surface area contributed by atoms with Crippen LogP contribution in [0.25, 0.3) is 0 Å². The molecule has 4 N–H and O–H groups in total. The number of aryl methyl sites for hydroxylation is 1. The molecule has 2 aromatic heterocycles. The molecule has 44 heavy (non-hydrogen) atoms. The zero-order valence-electron chi connectivity index (χ0n) is 24.7. The summed E-state index contributed by atoms with van der Waals surface area (Å²) in [5.74, 6) is -0.296. The average Bonchev–Trinajstić information content (AvgIpc) is 3.75. The Bertz CT molecular complexity index is 1460. The molecule has 0 aliphatic carbocycles. The third-order valence-corrected chi connectivity index (χ3v) is 7.04. The van der Waals surface area contributed by atoms with Crippen molar-refractivity contribution in [2.24, 2.45) is 5.92 Å². The van der Waals surface area contributed by atoms with E-state index in [0.717, 1.165) is 11.1 Å². The van der Waals surface area contributed by atoms with Crippen molar-refractivity contribution >= 4 is 17.9 Å². The van der Waals surface area contributed by atoms with Crippen molar-refractivity contribution in [2.75, 3.05) is 13.1 Å². The SMILES string of the molecule is CC(CCNC(=O)OCc1ccccc1)CC(=O)NCC(O)(CCc1ccccc1)c1nc(C(=O)NCc2ccco2)co1. The molecule has 232 valence electrons. The maximum Gasteiger partial charge on any atom is 0.407 e. The summed E-state index contributed by atoms with van der Waals surface area (Å²) in [6.45, 7) is 2.44. The molecule has 4 aromatic rings. The quantitative estimate of drug-likeness (QED) is 0.146. The maximum absolute atomic E-state index is 12.8. The van der Waals surface area contributed by atoms with Gasteiger partial charge in [0.25, 0.3) is 5.91 Å². The summed E-state index contributed by atoms with van der Waals surface area (Å²) in [6, 6.07) is 22.4. The highest BCUT2D eigenvalue weighted by molar-refractivity contribution is 5.91. The van der Waals surface area contributed by atoms with Gasteiger partial charge in [0.2, 0.25) is 11.8 Å². The average molecular weight is 603 g/mol. The van der Waals surface area contributed by atoms with E-state index in [0.29, 0.717) is 25.1 Å². The smallest absolute Gasteiger partial charge is 0.407 e. The Hall–Kier alpha value is -4.90. The van der Waals surface area contributed by atoms with Crippen LogP contribution in [0.4, 0.5) is 4.79 Å². The molecule has 2 atom stereocenters. The minimum absolute atomic E-state index is 0.000522. The Morgan fingerprint density at radius 1 is 0.932 bits per heavy atom. The number of rotatable bonds is 16. The van der Waals surface area contributed by atoms with Crippen molar-refractivity contribution in [2.45, 2.75) is 51.4 Å². The molecule has 0 saturated carbocycles. The van der Waals surface area contributed by atoms with E-state index in [1.807, 2.05) is 67.6 Å². The Kier molecular flexibility index (Phi) is 11.7. The second kappa shape index (κ2) is 16.1. The summed E-state index contributed by atoms with van der Waals surface area (Å²) < 4.78 is 16.0. The number of aromatic nitrogens is 1. The molecule has 0 saturated heterocycles. The number of aliphatic hydroxyl groups is 1. The van der Waals surface area contributed by atoms with Crippen molar-refractivity contribution in [3.05, 3.63) is 114 Å². The number of hydrogen-bond acceptors (Lipinski definition) is 8. The van der Waals surface area contributed by atoms with Gasteiger partial charge in [-0.15, -0.1) is 0 Å². The van der Waals surface area contributed by atoms with Crippen LogP contribution in [0.1, 0.15) is 59.5 Å². The summed E-state index contributed by atoms with van der Waals surface area (Å²) in [5, 5.41) is 19.9. The molecule has 2 aromatic carbocycles. The van der Waals surface area contributed by atoms with E-state index in [1.54, 1.807) is 12.1 Å². The molecule has 11 heteroatoms.